The molecule has 0 saturated carbocycles. The summed E-state index contributed by atoms with van der Waals surface area (Å²) in [5, 5.41) is 3.36. The Morgan fingerprint density at radius 2 is 2.27 bits per heavy atom. The van der Waals surface area contributed by atoms with Crippen LogP contribution in [0, 0.1) is 12.8 Å². The number of hydrogen-bond donors (Lipinski definition) is 1. The molecule has 0 saturated heterocycles. The van der Waals surface area contributed by atoms with Crippen LogP contribution in [-0.4, -0.2) is 25.2 Å². The molecular formula is C11H20N2O2. The van der Waals surface area contributed by atoms with Gasteiger partial charge in [-0.05, 0) is 19.8 Å². The summed E-state index contributed by atoms with van der Waals surface area (Å²) in [5.74, 6) is 2.09. The average Bonchev–Trinajstić information content (AvgIpc) is 2.62. The second-order valence-electron chi connectivity index (χ2n) is 4.00. The van der Waals surface area contributed by atoms with E-state index >= 15 is 0 Å². The van der Waals surface area contributed by atoms with Gasteiger partial charge in [0.2, 0.25) is 5.89 Å². The van der Waals surface area contributed by atoms with Crippen LogP contribution in [0.3, 0.4) is 0 Å². The minimum absolute atomic E-state index is 0.151. The minimum atomic E-state index is 0.151. The van der Waals surface area contributed by atoms with Gasteiger partial charge < -0.3 is 14.5 Å². The van der Waals surface area contributed by atoms with Gasteiger partial charge in [0.15, 0.2) is 0 Å². The van der Waals surface area contributed by atoms with E-state index in [9.17, 15) is 0 Å². The number of methoxy groups -OCH3 is 1. The van der Waals surface area contributed by atoms with Gasteiger partial charge in [-0.15, -0.1) is 0 Å². The van der Waals surface area contributed by atoms with E-state index in [1.807, 2.05) is 13.8 Å². The molecule has 2 atom stereocenters. The van der Waals surface area contributed by atoms with Crippen molar-refractivity contribution in [3.05, 3.63) is 17.8 Å². The number of aryl methyl sites for hydroxylation is 1. The standard InChI is InChI=1S/C11H20N2O2/c1-8(7-14-4)5-12-10(3)11-13-6-9(2)15-11/h6,8,10,12H,5,7H2,1-4H3. The van der Waals surface area contributed by atoms with Crippen LogP contribution in [0.2, 0.25) is 0 Å². The molecule has 1 rings (SSSR count). The molecule has 0 aromatic carbocycles. The number of oxazole rings is 1. The lowest BCUT2D eigenvalue weighted by Gasteiger charge is -2.14. The fourth-order valence-corrected chi connectivity index (χ4v) is 1.38. The van der Waals surface area contributed by atoms with E-state index in [1.165, 1.54) is 0 Å². The largest absolute Gasteiger partial charge is 0.444 e. The second kappa shape index (κ2) is 5.88. The first-order valence-corrected chi connectivity index (χ1v) is 5.28. The highest BCUT2D eigenvalue weighted by Crippen LogP contribution is 2.12. The third-order valence-electron chi connectivity index (χ3n) is 2.23. The van der Waals surface area contributed by atoms with Gasteiger partial charge in [-0.1, -0.05) is 6.92 Å². The van der Waals surface area contributed by atoms with E-state index in [0.29, 0.717) is 5.92 Å². The van der Waals surface area contributed by atoms with Crippen molar-refractivity contribution in [3.63, 3.8) is 0 Å². The third kappa shape index (κ3) is 4.01. The van der Waals surface area contributed by atoms with Crippen molar-refractivity contribution < 1.29 is 9.15 Å². The molecule has 0 aliphatic rings. The Kier molecular flexibility index (Phi) is 4.78. The van der Waals surface area contributed by atoms with Crippen molar-refractivity contribution in [2.45, 2.75) is 26.8 Å². The first kappa shape index (κ1) is 12.2. The molecule has 15 heavy (non-hydrogen) atoms. The predicted molar refractivity (Wildman–Crippen MR) is 58.7 cm³/mol. The molecule has 4 heteroatoms. The lowest BCUT2D eigenvalue weighted by Crippen LogP contribution is -2.26. The molecule has 0 bridgehead atoms. The van der Waals surface area contributed by atoms with Gasteiger partial charge in [0.1, 0.15) is 5.76 Å². The Morgan fingerprint density at radius 3 is 2.80 bits per heavy atom. The summed E-state index contributed by atoms with van der Waals surface area (Å²) >= 11 is 0. The van der Waals surface area contributed by atoms with Crippen LogP contribution in [-0.2, 0) is 4.74 Å². The van der Waals surface area contributed by atoms with E-state index in [-0.39, 0.29) is 6.04 Å². The van der Waals surface area contributed by atoms with Crippen LogP contribution < -0.4 is 5.32 Å². The highest BCUT2D eigenvalue weighted by molar-refractivity contribution is 4.94. The summed E-state index contributed by atoms with van der Waals surface area (Å²) in [5.41, 5.74) is 0. The Morgan fingerprint density at radius 1 is 1.53 bits per heavy atom. The lowest BCUT2D eigenvalue weighted by molar-refractivity contribution is 0.156. The van der Waals surface area contributed by atoms with Crippen LogP contribution >= 0.6 is 0 Å². The van der Waals surface area contributed by atoms with Gasteiger partial charge in [-0.25, -0.2) is 4.98 Å². The molecule has 1 N–H and O–H groups in total. The van der Waals surface area contributed by atoms with E-state index in [1.54, 1.807) is 13.3 Å². The van der Waals surface area contributed by atoms with Gasteiger partial charge in [-0.2, -0.15) is 0 Å². The number of nitrogens with one attached hydrogen (secondary N) is 1. The van der Waals surface area contributed by atoms with E-state index in [4.69, 9.17) is 9.15 Å². The molecule has 0 amide bonds. The zero-order chi connectivity index (χ0) is 11.3. The molecule has 0 aliphatic heterocycles. The molecule has 4 nitrogen and oxygen atoms in total. The SMILES string of the molecule is COCC(C)CNC(C)c1ncc(C)o1. The van der Waals surface area contributed by atoms with Crippen molar-refractivity contribution in [2.24, 2.45) is 5.92 Å². The van der Waals surface area contributed by atoms with Gasteiger partial charge in [-0.3, -0.25) is 0 Å². The zero-order valence-corrected chi connectivity index (χ0v) is 9.91. The Balaban J connectivity index is 2.33. The topological polar surface area (TPSA) is 47.3 Å². The van der Waals surface area contributed by atoms with Crippen LogP contribution in [0.15, 0.2) is 10.6 Å². The number of ether oxygens (including phenoxy) is 1. The van der Waals surface area contributed by atoms with Crippen LogP contribution in [0.4, 0.5) is 0 Å². The van der Waals surface area contributed by atoms with Gasteiger partial charge in [0.25, 0.3) is 0 Å². The molecule has 0 aliphatic carbocycles. The molecule has 0 radical (unpaired) electrons. The Hall–Kier alpha value is -0.870. The molecule has 0 fully saturated rings. The van der Waals surface area contributed by atoms with E-state index in [0.717, 1.165) is 24.8 Å². The molecule has 1 aromatic rings. The van der Waals surface area contributed by atoms with Crippen molar-refractivity contribution in [2.75, 3.05) is 20.3 Å². The monoisotopic (exact) mass is 212 g/mol. The second-order valence-corrected chi connectivity index (χ2v) is 4.00. The minimum Gasteiger partial charge on any atom is -0.444 e. The van der Waals surface area contributed by atoms with Crippen molar-refractivity contribution in [3.8, 4) is 0 Å². The average molecular weight is 212 g/mol. The molecule has 0 spiro atoms. The summed E-state index contributed by atoms with van der Waals surface area (Å²) in [6.45, 7) is 7.76. The Bertz CT molecular complexity index is 286. The first-order chi connectivity index (χ1) is 7.13. The zero-order valence-electron chi connectivity index (χ0n) is 9.91. The smallest absolute Gasteiger partial charge is 0.211 e. The Labute approximate surface area is 91.0 Å². The number of aromatic nitrogens is 1. The third-order valence-corrected chi connectivity index (χ3v) is 2.23. The maximum atomic E-state index is 5.43. The summed E-state index contributed by atoms with van der Waals surface area (Å²) in [7, 11) is 1.72. The number of rotatable bonds is 6. The summed E-state index contributed by atoms with van der Waals surface area (Å²) in [4.78, 5) is 4.18. The van der Waals surface area contributed by atoms with Gasteiger partial charge >= 0.3 is 0 Å². The highest BCUT2D eigenvalue weighted by atomic mass is 16.5. The van der Waals surface area contributed by atoms with Crippen LogP contribution in [0.1, 0.15) is 31.5 Å². The fraction of sp³-hybridized carbons (Fsp3) is 0.727. The number of hydrogen-bond acceptors (Lipinski definition) is 4. The molecule has 1 heterocycles. The van der Waals surface area contributed by atoms with Crippen LogP contribution in [0.5, 0.6) is 0 Å². The van der Waals surface area contributed by atoms with Gasteiger partial charge in [0.05, 0.1) is 12.2 Å². The molecule has 2 unspecified atom stereocenters. The fourth-order valence-electron chi connectivity index (χ4n) is 1.38. The molecule has 86 valence electrons. The van der Waals surface area contributed by atoms with Gasteiger partial charge in [0, 0.05) is 20.3 Å². The molecule has 1 aromatic heterocycles. The lowest BCUT2D eigenvalue weighted by atomic mass is 10.2. The van der Waals surface area contributed by atoms with E-state index in [2.05, 4.69) is 17.2 Å². The normalized spacial score (nSPS) is 15.2. The first-order valence-electron chi connectivity index (χ1n) is 5.28. The summed E-state index contributed by atoms with van der Waals surface area (Å²) in [6.07, 6.45) is 1.74. The quantitative estimate of drug-likeness (QED) is 0.782. The number of nitrogens with zero attached hydrogens (tertiary/aromatic N) is 1. The van der Waals surface area contributed by atoms with Crippen molar-refractivity contribution >= 4 is 0 Å². The molecular weight excluding hydrogens is 192 g/mol. The summed E-state index contributed by atoms with van der Waals surface area (Å²) < 4.78 is 10.5. The summed E-state index contributed by atoms with van der Waals surface area (Å²) in [6, 6.07) is 0.151. The van der Waals surface area contributed by atoms with Crippen LogP contribution in [0.25, 0.3) is 0 Å². The van der Waals surface area contributed by atoms with Crippen molar-refractivity contribution in [1.82, 2.24) is 10.3 Å². The van der Waals surface area contributed by atoms with Crippen molar-refractivity contribution in [1.29, 1.82) is 0 Å². The maximum Gasteiger partial charge on any atom is 0.211 e. The highest BCUT2D eigenvalue weighted by Gasteiger charge is 2.11. The van der Waals surface area contributed by atoms with E-state index < -0.39 is 0 Å². The predicted octanol–water partition coefficient (Wildman–Crippen LogP) is 1.92. The maximum absolute atomic E-state index is 5.43.